The Balaban J connectivity index is 1.70. The lowest BCUT2D eigenvalue weighted by Crippen LogP contribution is -2.35. The highest BCUT2D eigenvalue weighted by Crippen LogP contribution is 2.34. The zero-order valence-electron chi connectivity index (χ0n) is 13.6. The molecular formula is C16H18ClFN4O3. The number of nitrogens with one attached hydrogen (secondary N) is 1. The molecule has 2 aromatic rings. The number of carbonyl (C=O) groups is 1. The number of benzene rings is 1. The lowest BCUT2D eigenvalue weighted by Gasteiger charge is -2.14. The topological polar surface area (TPSA) is 89.2 Å². The number of rotatable bonds is 6. The molecule has 1 heterocycles. The van der Waals surface area contributed by atoms with Gasteiger partial charge in [-0.25, -0.2) is 13.9 Å². The zero-order valence-corrected chi connectivity index (χ0v) is 14.3. The highest BCUT2D eigenvalue weighted by atomic mass is 35.5. The Bertz CT molecular complexity index is 860. The summed E-state index contributed by atoms with van der Waals surface area (Å²) >= 11 is 5.65. The second-order valence-electron chi connectivity index (χ2n) is 6.08. The Morgan fingerprint density at radius 1 is 1.52 bits per heavy atom. The van der Waals surface area contributed by atoms with E-state index in [4.69, 9.17) is 11.6 Å². The van der Waals surface area contributed by atoms with E-state index in [1.165, 1.54) is 16.7 Å². The molecular weight excluding hydrogens is 351 g/mol. The van der Waals surface area contributed by atoms with Crippen LogP contribution in [-0.2, 0) is 17.9 Å². The first-order chi connectivity index (χ1) is 11.9. The van der Waals surface area contributed by atoms with Crippen LogP contribution in [0.15, 0.2) is 23.0 Å². The van der Waals surface area contributed by atoms with Crippen LogP contribution in [0.3, 0.4) is 0 Å². The minimum absolute atomic E-state index is 0.0102. The van der Waals surface area contributed by atoms with Gasteiger partial charge in [0.2, 0.25) is 5.91 Å². The molecule has 0 aliphatic heterocycles. The molecule has 7 nitrogen and oxygen atoms in total. The molecule has 1 atom stereocenters. The molecule has 0 saturated heterocycles. The van der Waals surface area contributed by atoms with Gasteiger partial charge in [-0.1, -0.05) is 17.7 Å². The molecule has 25 heavy (non-hydrogen) atoms. The number of nitrogens with zero attached hydrogens (tertiary/aromatic N) is 3. The van der Waals surface area contributed by atoms with E-state index < -0.39 is 23.5 Å². The second-order valence-corrected chi connectivity index (χ2v) is 6.49. The molecule has 0 bridgehead atoms. The van der Waals surface area contributed by atoms with Gasteiger partial charge in [0.15, 0.2) is 5.82 Å². The summed E-state index contributed by atoms with van der Waals surface area (Å²) in [6.45, 7) is 1.07. The number of aliphatic hydroxyl groups excluding tert-OH is 1. The summed E-state index contributed by atoms with van der Waals surface area (Å²) < 4.78 is 16.0. The van der Waals surface area contributed by atoms with E-state index in [0.29, 0.717) is 5.56 Å². The van der Waals surface area contributed by atoms with E-state index in [1.807, 2.05) is 0 Å². The third kappa shape index (κ3) is 3.74. The van der Waals surface area contributed by atoms with Crippen LogP contribution in [0.4, 0.5) is 4.39 Å². The average Bonchev–Trinajstić information content (AvgIpc) is 3.35. The lowest BCUT2D eigenvalue weighted by molar-refractivity contribution is -0.122. The first kappa shape index (κ1) is 17.6. The normalized spacial score (nSPS) is 15.2. The summed E-state index contributed by atoms with van der Waals surface area (Å²) in [5.41, 5.74) is 0.147. The van der Waals surface area contributed by atoms with Crippen LogP contribution in [-0.4, -0.2) is 25.4 Å². The van der Waals surface area contributed by atoms with Crippen molar-refractivity contribution in [1.82, 2.24) is 19.7 Å². The first-order valence-corrected chi connectivity index (χ1v) is 8.32. The first-order valence-electron chi connectivity index (χ1n) is 7.94. The molecule has 0 spiro atoms. The van der Waals surface area contributed by atoms with Crippen molar-refractivity contribution in [3.63, 3.8) is 0 Å². The zero-order chi connectivity index (χ0) is 18.1. The number of carbonyl (C=O) groups excluding carboxylic acids is 1. The molecule has 1 aliphatic rings. The van der Waals surface area contributed by atoms with Gasteiger partial charge in [-0.2, -0.15) is 5.10 Å². The fraction of sp³-hybridized carbons (Fsp3) is 0.438. The fourth-order valence-electron chi connectivity index (χ4n) is 2.66. The molecule has 2 N–H and O–H groups in total. The number of amides is 1. The van der Waals surface area contributed by atoms with Gasteiger partial charge in [0.1, 0.15) is 19.0 Å². The van der Waals surface area contributed by atoms with Crippen molar-refractivity contribution < 1.29 is 14.3 Å². The Morgan fingerprint density at radius 3 is 2.84 bits per heavy atom. The molecule has 0 radical (unpaired) electrons. The number of hydrogen-bond acceptors (Lipinski definition) is 4. The van der Waals surface area contributed by atoms with Crippen LogP contribution >= 0.6 is 11.6 Å². The van der Waals surface area contributed by atoms with Crippen LogP contribution < -0.4 is 11.0 Å². The van der Waals surface area contributed by atoms with E-state index in [1.54, 1.807) is 13.0 Å². The summed E-state index contributed by atoms with van der Waals surface area (Å²) in [6.07, 6.45) is 1.73. The van der Waals surface area contributed by atoms with Crippen molar-refractivity contribution >= 4 is 17.5 Å². The summed E-state index contributed by atoms with van der Waals surface area (Å²) in [5, 5.41) is 16.0. The van der Waals surface area contributed by atoms with Crippen LogP contribution in [0.25, 0.3) is 0 Å². The van der Waals surface area contributed by atoms with Crippen molar-refractivity contribution in [2.75, 3.05) is 0 Å². The summed E-state index contributed by atoms with van der Waals surface area (Å²) in [4.78, 5) is 24.5. The van der Waals surface area contributed by atoms with Gasteiger partial charge in [-0.15, -0.1) is 0 Å². The van der Waals surface area contributed by atoms with Crippen molar-refractivity contribution in [1.29, 1.82) is 0 Å². The van der Waals surface area contributed by atoms with Gasteiger partial charge >= 0.3 is 5.69 Å². The van der Waals surface area contributed by atoms with Crippen molar-refractivity contribution in [2.24, 2.45) is 0 Å². The Kier molecular flexibility index (Phi) is 4.91. The van der Waals surface area contributed by atoms with Gasteiger partial charge in [0.05, 0.1) is 11.1 Å². The number of aliphatic hydroxyl groups is 1. The van der Waals surface area contributed by atoms with Crippen LogP contribution in [0, 0.1) is 5.82 Å². The average molecular weight is 369 g/mol. The minimum Gasteiger partial charge on any atom is -0.388 e. The Hall–Kier alpha value is -2.19. The molecule has 0 unspecified atom stereocenters. The van der Waals surface area contributed by atoms with Gasteiger partial charge in [0, 0.05) is 6.04 Å². The second kappa shape index (κ2) is 6.97. The van der Waals surface area contributed by atoms with E-state index in [0.717, 1.165) is 17.5 Å². The Morgan fingerprint density at radius 2 is 2.24 bits per heavy atom. The summed E-state index contributed by atoms with van der Waals surface area (Å²) in [6, 6.07) is 3.89. The maximum absolute atomic E-state index is 13.5. The largest absolute Gasteiger partial charge is 0.388 e. The van der Waals surface area contributed by atoms with Gasteiger partial charge in [-0.3, -0.25) is 9.36 Å². The molecule has 1 aliphatic carbocycles. The molecule has 1 amide bonds. The van der Waals surface area contributed by atoms with Gasteiger partial charge in [0.25, 0.3) is 0 Å². The molecule has 9 heteroatoms. The van der Waals surface area contributed by atoms with Crippen molar-refractivity contribution in [2.45, 2.75) is 45.0 Å². The highest BCUT2D eigenvalue weighted by Gasteiger charge is 2.30. The van der Waals surface area contributed by atoms with Crippen molar-refractivity contribution in [3.05, 3.63) is 50.9 Å². The number of halogens is 2. The molecule has 1 aromatic carbocycles. The quantitative estimate of drug-likeness (QED) is 0.809. The van der Waals surface area contributed by atoms with Crippen LogP contribution in [0.2, 0.25) is 5.02 Å². The fourth-order valence-corrected chi connectivity index (χ4v) is 2.78. The molecule has 1 fully saturated rings. The maximum atomic E-state index is 13.5. The van der Waals surface area contributed by atoms with Crippen molar-refractivity contribution in [3.8, 4) is 0 Å². The smallest absolute Gasteiger partial charge is 0.346 e. The predicted molar refractivity (Wildman–Crippen MR) is 88.6 cm³/mol. The van der Waals surface area contributed by atoms with Crippen LogP contribution in [0.1, 0.15) is 43.2 Å². The van der Waals surface area contributed by atoms with E-state index in [9.17, 15) is 19.1 Å². The third-order valence-corrected chi connectivity index (χ3v) is 4.42. The summed E-state index contributed by atoms with van der Waals surface area (Å²) in [7, 11) is 0. The predicted octanol–water partition coefficient (Wildman–Crippen LogP) is 1.54. The molecule has 3 rings (SSSR count). The lowest BCUT2D eigenvalue weighted by atomic mass is 10.1. The maximum Gasteiger partial charge on any atom is 0.346 e. The molecule has 1 saturated carbocycles. The van der Waals surface area contributed by atoms with E-state index in [2.05, 4.69) is 10.4 Å². The van der Waals surface area contributed by atoms with E-state index >= 15 is 0 Å². The van der Waals surface area contributed by atoms with Crippen LogP contribution in [0.5, 0.6) is 0 Å². The minimum atomic E-state index is -0.563. The van der Waals surface area contributed by atoms with Gasteiger partial charge < -0.3 is 10.4 Å². The standard InChI is InChI=1S/C16H18ClFN4O3/c1-9(10-2-5-12(17)13(18)6-10)19-15(24)7-21-16(25)22(11-3-4-11)14(8-23)20-21/h2,5-6,9,11,23H,3-4,7-8H2,1H3,(H,19,24)/t9-/m0/s1. The Labute approximate surface area is 148 Å². The molecule has 1 aromatic heterocycles. The molecule has 134 valence electrons. The number of hydrogen-bond donors (Lipinski definition) is 2. The monoisotopic (exact) mass is 368 g/mol. The third-order valence-electron chi connectivity index (χ3n) is 4.11. The van der Waals surface area contributed by atoms with Gasteiger partial charge in [-0.05, 0) is 37.5 Å². The number of aromatic nitrogens is 3. The highest BCUT2D eigenvalue weighted by molar-refractivity contribution is 6.30. The SMILES string of the molecule is C[C@H](NC(=O)Cn1nc(CO)n(C2CC2)c1=O)c1ccc(Cl)c(F)c1. The van der Waals surface area contributed by atoms with E-state index in [-0.39, 0.29) is 30.0 Å². The summed E-state index contributed by atoms with van der Waals surface area (Å²) in [5.74, 6) is -0.740.